The lowest BCUT2D eigenvalue weighted by atomic mass is 10.3. The van der Waals surface area contributed by atoms with Crippen molar-refractivity contribution in [2.24, 2.45) is 0 Å². The van der Waals surface area contributed by atoms with Gasteiger partial charge < -0.3 is 5.32 Å². The Morgan fingerprint density at radius 2 is 2.12 bits per heavy atom. The number of rotatable bonds is 5. The average Bonchev–Trinajstić information content (AvgIpc) is 2.63. The van der Waals surface area contributed by atoms with E-state index in [1.807, 2.05) is 20.8 Å². The molecule has 0 amide bonds. The van der Waals surface area contributed by atoms with E-state index in [9.17, 15) is 4.21 Å². The first-order valence-electron chi connectivity index (χ1n) is 5.68. The van der Waals surface area contributed by atoms with Crippen LogP contribution >= 0.6 is 27.3 Å². The Balaban J connectivity index is 2.35. The second kappa shape index (κ2) is 6.45. The third-order valence-corrected chi connectivity index (χ3v) is 6.19. The smallest absolute Gasteiger partial charge is 0.0701 e. The summed E-state index contributed by atoms with van der Waals surface area (Å²) in [4.78, 5) is 1.30. The molecule has 1 rings (SSSR count). The zero-order valence-electron chi connectivity index (χ0n) is 10.7. The van der Waals surface area contributed by atoms with Crippen LogP contribution in [0.5, 0.6) is 0 Å². The van der Waals surface area contributed by atoms with E-state index in [0.717, 1.165) is 10.3 Å². The fraction of sp³-hybridized carbons (Fsp3) is 0.667. The maximum Gasteiger partial charge on any atom is 0.0701 e. The van der Waals surface area contributed by atoms with Crippen molar-refractivity contribution in [2.75, 3.05) is 12.3 Å². The normalized spacial score (nSPS) is 15.8. The van der Waals surface area contributed by atoms with Crippen molar-refractivity contribution >= 4 is 38.1 Å². The number of thiophene rings is 1. The molecule has 2 nitrogen and oxygen atoms in total. The van der Waals surface area contributed by atoms with E-state index in [2.05, 4.69) is 40.3 Å². The van der Waals surface area contributed by atoms with E-state index < -0.39 is 10.8 Å². The summed E-state index contributed by atoms with van der Waals surface area (Å²) in [7, 11) is -0.773. The molecular formula is C12H20BrNOS2. The van der Waals surface area contributed by atoms with Crippen molar-refractivity contribution < 1.29 is 4.21 Å². The molecule has 0 aliphatic rings. The van der Waals surface area contributed by atoms with Gasteiger partial charge in [-0.15, -0.1) is 11.3 Å². The topological polar surface area (TPSA) is 29.1 Å². The third kappa shape index (κ3) is 5.20. The van der Waals surface area contributed by atoms with Crippen molar-refractivity contribution in [1.82, 2.24) is 5.32 Å². The Labute approximate surface area is 119 Å². The van der Waals surface area contributed by atoms with Crippen LogP contribution in [0.1, 0.15) is 38.6 Å². The Bertz CT molecular complexity index is 384. The van der Waals surface area contributed by atoms with Crippen molar-refractivity contribution in [2.45, 2.75) is 38.5 Å². The van der Waals surface area contributed by atoms with Crippen LogP contribution in [-0.2, 0) is 10.8 Å². The lowest BCUT2D eigenvalue weighted by molar-refractivity contribution is 0.598. The van der Waals surface area contributed by atoms with E-state index in [-0.39, 0.29) is 4.75 Å². The maximum atomic E-state index is 11.9. The third-order valence-electron chi connectivity index (χ3n) is 2.44. The first kappa shape index (κ1) is 15.3. The van der Waals surface area contributed by atoms with Crippen LogP contribution in [0.4, 0.5) is 0 Å². The highest BCUT2D eigenvalue weighted by atomic mass is 79.9. The number of nitrogens with one attached hydrogen (secondary N) is 1. The largest absolute Gasteiger partial charge is 0.309 e. The van der Waals surface area contributed by atoms with Crippen LogP contribution in [0.25, 0.3) is 0 Å². The van der Waals surface area contributed by atoms with Crippen molar-refractivity contribution in [1.29, 1.82) is 0 Å². The first-order chi connectivity index (χ1) is 7.80. The lowest BCUT2D eigenvalue weighted by Crippen LogP contribution is -2.30. The van der Waals surface area contributed by atoms with E-state index in [1.165, 1.54) is 4.88 Å². The van der Waals surface area contributed by atoms with Gasteiger partial charge in [-0.1, -0.05) is 0 Å². The Morgan fingerprint density at radius 1 is 1.47 bits per heavy atom. The molecule has 17 heavy (non-hydrogen) atoms. The zero-order valence-corrected chi connectivity index (χ0v) is 14.0. The van der Waals surface area contributed by atoms with Crippen molar-refractivity contribution in [3.8, 4) is 0 Å². The molecule has 0 radical (unpaired) electrons. The van der Waals surface area contributed by atoms with Gasteiger partial charge >= 0.3 is 0 Å². The summed E-state index contributed by atoms with van der Waals surface area (Å²) in [5, 5.41) is 3.41. The molecule has 1 aromatic heterocycles. The minimum Gasteiger partial charge on any atom is -0.309 e. The van der Waals surface area contributed by atoms with Gasteiger partial charge in [0.1, 0.15) is 0 Å². The van der Waals surface area contributed by atoms with Gasteiger partial charge in [0.05, 0.1) is 3.79 Å². The van der Waals surface area contributed by atoms with Crippen LogP contribution in [0, 0.1) is 0 Å². The SMILES string of the molecule is C[C@@H](NCC[S@@](=O)C(C)(C)C)c1ccc(Br)s1. The minimum atomic E-state index is -0.773. The molecule has 2 atom stereocenters. The lowest BCUT2D eigenvalue weighted by Gasteiger charge is -2.19. The molecule has 0 fully saturated rings. The van der Waals surface area contributed by atoms with Crippen LogP contribution in [0.15, 0.2) is 15.9 Å². The van der Waals surface area contributed by atoms with Gasteiger partial charge in [0, 0.05) is 38.8 Å². The van der Waals surface area contributed by atoms with Crippen LogP contribution in [0.3, 0.4) is 0 Å². The summed E-state index contributed by atoms with van der Waals surface area (Å²) in [5.41, 5.74) is 0. The highest BCUT2D eigenvalue weighted by molar-refractivity contribution is 9.11. The Kier molecular flexibility index (Phi) is 5.83. The summed E-state index contributed by atoms with van der Waals surface area (Å²) in [5.74, 6) is 0.709. The van der Waals surface area contributed by atoms with Gasteiger partial charge in [-0.2, -0.15) is 0 Å². The molecule has 0 bridgehead atoms. The summed E-state index contributed by atoms with van der Waals surface area (Å²) in [6, 6.07) is 4.50. The predicted octanol–water partition coefficient (Wildman–Crippen LogP) is 3.71. The van der Waals surface area contributed by atoms with Gasteiger partial charge in [0.15, 0.2) is 0 Å². The van der Waals surface area contributed by atoms with E-state index >= 15 is 0 Å². The number of hydrogen-bond donors (Lipinski definition) is 1. The van der Waals surface area contributed by atoms with E-state index in [0.29, 0.717) is 11.8 Å². The minimum absolute atomic E-state index is 0.114. The summed E-state index contributed by atoms with van der Waals surface area (Å²) in [6.07, 6.45) is 0. The van der Waals surface area contributed by atoms with Crippen molar-refractivity contribution in [3.63, 3.8) is 0 Å². The van der Waals surface area contributed by atoms with Crippen LogP contribution < -0.4 is 5.32 Å². The Hall–Kier alpha value is 0.290. The summed E-state index contributed by atoms with van der Waals surface area (Å²) >= 11 is 5.20. The van der Waals surface area contributed by atoms with Gasteiger partial charge in [-0.05, 0) is 55.8 Å². The quantitative estimate of drug-likeness (QED) is 0.887. The molecular weight excluding hydrogens is 318 g/mol. The standard InChI is InChI=1S/C12H20BrNOS2/c1-9(10-5-6-11(13)16-10)14-7-8-17(15)12(2,3)4/h5-6,9,14H,7-8H2,1-4H3/t9-,17-/m1/s1. The molecule has 0 spiro atoms. The maximum absolute atomic E-state index is 11.9. The second-order valence-corrected chi connectivity index (χ2v) is 9.80. The van der Waals surface area contributed by atoms with Gasteiger partial charge in [0.2, 0.25) is 0 Å². The van der Waals surface area contributed by atoms with Crippen LogP contribution in [-0.4, -0.2) is 21.3 Å². The molecule has 0 aliphatic heterocycles. The monoisotopic (exact) mass is 337 g/mol. The zero-order chi connectivity index (χ0) is 13.1. The van der Waals surface area contributed by atoms with Gasteiger partial charge in [-0.3, -0.25) is 4.21 Å². The highest BCUT2D eigenvalue weighted by Gasteiger charge is 2.19. The molecule has 0 unspecified atom stereocenters. The van der Waals surface area contributed by atoms with E-state index in [1.54, 1.807) is 11.3 Å². The highest BCUT2D eigenvalue weighted by Crippen LogP contribution is 2.26. The second-order valence-electron chi connectivity index (χ2n) is 4.98. The molecule has 0 aliphatic carbocycles. The molecule has 98 valence electrons. The van der Waals surface area contributed by atoms with E-state index in [4.69, 9.17) is 0 Å². The molecule has 5 heteroatoms. The fourth-order valence-corrected chi connectivity index (χ4v) is 3.70. The number of halogens is 1. The predicted molar refractivity (Wildman–Crippen MR) is 81.2 cm³/mol. The van der Waals surface area contributed by atoms with Gasteiger partial charge in [0.25, 0.3) is 0 Å². The molecule has 0 saturated heterocycles. The fourth-order valence-electron chi connectivity index (χ4n) is 1.34. The summed E-state index contributed by atoms with van der Waals surface area (Å²) < 4.78 is 12.9. The number of hydrogen-bond acceptors (Lipinski definition) is 3. The first-order valence-corrected chi connectivity index (χ1v) is 8.60. The molecule has 1 heterocycles. The Morgan fingerprint density at radius 3 is 2.59 bits per heavy atom. The molecule has 1 N–H and O–H groups in total. The van der Waals surface area contributed by atoms with Crippen molar-refractivity contribution in [3.05, 3.63) is 20.8 Å². The average molecular weight is 338 g/mol. The van der Waals surface area contributed by atoms with Crippen LogP contribution in [0.2, 0.25) is 0 Å². The molecule has 1 aromatic rings. The van der Waals surface area contributed by atoms with Gasteiger partial charge in [-0.25, -0.2) is 0 Å². The molecule has 0 aromatic carbocycles. The molecule has 0 saturated carbocycles. The summed E-state index contributed by atoms with van der Waals surface area (Å²) in [6.45, 7) is 8.98.